The van der Waals surface area contributed by atoms with Crippen LogP contribution < -0.4 is 0 Å². The lowest BCUT2D eigenvalue weighted by atomic mass is 9.96. The highest BCUT2D eigenvalue weighted by atomic mass is 16.8. The Morgan fingerprint density at radius 1 is 0.383 bits per heavy atom. The maximum absolute atomic E-state index is 12.2. The molecule has 2 aliphatic rings. The summed E-state index contributed by atoms with van der Waals surface area (Å²) in [6.45, 7) is 7.10. The molecule has 2 rings (SSSR count). The van der Waals surface area contributed by atoms with Gasteiger partial charge in [-0.15, -0.1) is 0 Å². The first-order chi connectivity index (χ1) is 21.9. The van der Waals surface area contributed by atoms with Crippen LogP contribution in [0.25, 0.3) is 0 Å². The van der Waals surface area contributed by atoms with Crippen molar-refractivity contribution in [2.24, 2.45) is 0 Å². The lowest BCUT2D eigenvalue weighted by molar-refractivity contribution is -0.377. The van der Waals surface area contributed by atoms with Crippen LogP contribution in [0.15, 0.2) is 0 Å². The molecule has 19 nitrogen and oxygen atoms in total. The number of carbonyl (C=O) groups excluding carboxylic acids is 8. The second-order valence-electron chi connectivity index (χ2n) is 10.3. The van der Waals surface area contributed by atoms with Crippen LogP contribution in [-0.2, 0) is 90.5 Å². The van der Waals surface area contributed by atoms with Crippen molar-refractivity contribution in [2.45, 2.75) is 117 Å². The van der Waals surface area contributed by atoms with Gasteiger partial charge < -0.3 is 52.1 Å². The lowest BCUT2D eigenvalue weighted by Gasteiger charge is -2.48. The zero-order valence-electron chi connectivity index (χ0n) is 26.9. The lowest BCUT2D eigenvalue weighted by Crippen LogP contribution is -2.66. The van der Waals surface area contributed by atoms with Gasteiger partial charge in [0.15, 0.2) is 36.6 Å². The molecule has 264 valence electrons. The van der Waals surface area contributed by atoms with E-state index in [0.717, 1.165) is 55.4 Å². The molecular weight excluding hydrogens is 640 g/mol. The zero-order chi connectivity index (χ0) is 35.6. The van der Waals surface area contributed by atoms with E-state index in [1.165, 1.54) is 0 Å². The van der Waals surface area contributed by atoms with Gasteiger partial charge in [0.25, 0.3) is 0 Å². The van der Waals surface area contributed by atoms with Gasteiger partial charge in [0, 0.05) is 55.4 Å². The fraction of sp³-hybridized carbons (Fsp3) is 0.714. The van der Waals surface area contributed by atoms with E-state index in [-0.39, 0.29) is 0 Å². The minimum atomic E-state index is -1.84. The Kier molecular flexibility index (Phi) is 14.5. The fourth-order valence-electron chi connectivity index (χ4n) is 4.73. The zero-order valence-corrected chi connectivity index (χ0v) is 26.9. The Morgan fingerprint density at radius 3 is 0.894 bits per heavy atom. The number of ether oxygens (including phenoxy) is 11. The molecule has 0 spiro atoms. The SMILES string of the molecule is CC(=O)OC[C@H]1O[C@@H](O[C@H]2O[C@H](COC(C)=O)[C@@H](OC(C)=O)[C@@H](OC(C)=O)[C@H]2OC(C)=O)[C@@H](OC(C)=O)[C@@H](OC(C)=O)[C@H]1OC(C)=O. The Labute approximate surface area is 268 Å². The summed E-state index contributed by atoms with van der Waals surface area (Å²) < 4.78 is 60.1. The van der Waals surface area contributed by atoms with Gasteiger partial charge in [-0.25, -0.2) is 0 Å². The van der Waals surface area contributed by atoms with Gasteiger partial charge in [0.2, 0.25) is 12.6 Å². The smallest absolute Gasteiger partial charge is 0.303 e. The van der Waals surface area contributed by atoms with Gasteiger partial charge >= 0.3 is 47.8 Å². The minimum absolute atomic E-state index is 0.587. The molecule has 2 heterocycles. The molecule has 10 atom stereocenters. The molecule has 0 saturated carbocycles. The standard InChI is InChI=1S/C28H38O19/c1-11(29)37-9-19-21(39-13(3)31)23(41-15(5)33)25(43-17(7)35)27(45-19)47-28-26(44-18(8)36)24(42-16(6)34)22(40-14(4)32)20(46-28)10-38-12(2)30/h19-28H,9-10H2,1-8H3/t19-,20-,21-,22+,23-,24+,25-,26+,27-,28+/m1/s1. The van der Waals surface area contributed by atoms with Gasteiger partial charge in [-0.05, 0) is 0 Å². The molecule has 0 aromatic heterocycles. The Bertz CT molecular complexity index is 1110. The summed E-state index contributed by atoms with van der Waals surface area (Å²) in [5.74, 6) is -6.98. The van der Waals surface area contributed by atoms with Gasteiger partial charge in [0.1, 0.15) is 25.4 Å². The normalized spacial score (nSPS) is 30.0. The van der Waals surface area contributed by atoms with Crippen LogP contribution in [0, 0.1) is 0 Å². The van der Waals surface area contributed by atoms with Crippen molar-refractivity contribution in [3.05, 3.63) is 0 Å². The van der Waals surface area contributed by atoms with E-state index in [4.69, 9.17) is 52.1 Å². The monoisotopic (exact) mass is 678 g/mol. The van der Waals surface area contributed by atoms with Crippen molar-refractivity contribution in [3.63, 3.8) is 0 Å². The van der Waals surface area contributed by atoms with Crippen LogP contribution in [0.5, 0.6) is 0 Å². The third-order valence-corrected chi connectivity index (χ3v) is 6.16. The molecule has 47 heavy (non-hydrogen) atoms. The van der Waals surface area contributed by atoms with E-state index in [2.05, 4.69) is 0 Å². The molecule has 0 bridgehead atoms. The van der Waals surface area contributed by atoms with E-state index in [0.29, 0.717) is 0 Å². The molecule has 19 heteroatoms. The highest BCUT2D eigenvalue weighted by molar-refractivity contribution is 5.70. The van der Waals surface area contributed by atoms with Crippen molar-refractivity contribution >= 4 is 47.8 Å². The summed E-state index contributed by atoms with van der Waals surface area (Å²) in [6.07, 6.45) is -16.3. The van der Waals surface area contributed by atoms with Crippen molar-refractivity contribution in [1.82, 2.24) is 0 Å². The molecule has 0 amide bonds. The number of rotatable bonds is 12. The summed E-state index contributed by atoms with van der Waals surface area (Å²) in [5, 5.41) is 0. The predicted molar refractivity (Wildman–Crippen MR) is 145 cm³/mol. The first kappa shape index (κ1) is 38.8. The second kappa shape index (κ2) is 17.5. The number of hydrogen-bond donors (Lipinski definition) is 0. The third-order valence-electron chi connectivity index (χ3n) is 6.16. The van der Waals surface area contributed by atoms with Crippen molar-refractivity contribution in [1.29, 1.82) is 0 Å². The summed E-state index contributed by atoms with van der Waals surface area (Å²) >= 11 is 0. The first-order valence-corrected chi connectivity index (χ1v) is 14.2. The van der Waals surface area contributed by atoms with Crippen LogP contribution in [-0.4, -0.2) is 122 Å². The molecule has 0 aliphatic carbocycles. The van der Waals surface area contributed by atoms with Crippen LogP contribution in [0.2, 0.25) is 0 Å². The van der Waals surface area contributed by atoms with Crippen molar-refractivity contribution in [2.75, 3.05) is 13.2 Å². The average Bonchev–Trinajstić information content (AvgIpc) is 2.91. The van der Waals surface area contributed by atoms with Crippen LogP contribution in [0.4, 0.5) is 0 Å². The Hall–Kier alpha value is -4.36. The Morgan fingerprint density at radius 2 is 0.638 bits per heavy atom. The van der Waals surface area contributed by atoms with E-state index in [1.807, 2.05) is 0 Å². The maximum atomic E-state index is 12.2. The second-order valence-corrected chi connectivity index (χ2v) is 10.3. The number of carbonyl (C=O) groups is 8. The molecular formula is C28H38O19. The summed E-state index contributed by atoms with van der Waals surface area (Å²) in [7, 11) is 0. The van der Waals surface area contributed by atoms with Gasteiger partial charge in [0.05, 0.1) is 0 Å². The predicted octanol–water partition coefficient (Wildman–Crippen LogP) is -0.831. The molecule has 0 aromatic carbocycles. The summed E-state index contributed by atoms with van der Waals surface area (Å²) in [5.41, 5.74) is 0. The highest BCUT2D eigenvalue weighted by Gasteiger charge is 2.57. The van der Waals surface area contributed by atoms with Gasteiger partial charge in [-0.3, -0.25) is 38.4 Å². The first-order valence-electron chi connectivity index (χ1n) is 14.2. The molecule has 2 aliphatic heterocycles. The van der Waals surface area contributed by atoms with E-state index >= 15 is 0 Å². The quantitative estimate of drug-likeness (QED) is 0.181. The summed E-state index contributed by atoms with van der Waals surface area (Å²) in [6, 6.07) is 0. The van der Waals surface area contributed by atoms with E-state index in [9.17, 15) is 38.4 Å². The molecule has 0 N–H and O–H groups in total. The summed E-state index contributed by atoms with van der Waals surface area (Å²) in [4.78, 5) is 96.2. The Balaban J connectivity index is 2.69. The van der Waals surface area contributed by atoms with Crippen molar-refractivity contribution in [3.8, 4) is 0 Å². The molecule has 2 fully saturated rings. The topological polar surface area (TPSA) is 238 Å². The maximum Gasteiger partial charge on any atom is 0.303 e. The third kappa shape index (κ3) is 12.1. The van der Waals surface area contributed by atoms with E-state index < -0.39 is 122 Å². The fourth-order valence-corrected chi connectivity index (χ4v) is 4.73. The van der Waals surface area contributed by atoms with Crippen LogP contribution in [0.1, 0.15) is 55.4 Å². The molecule has 0 aromatic rings. The molecule has 0 unspecified atom stereocenters. The van der Waals surface area contributed by atoms with Crippen molar-refractivity contribution < 1.29 is 90.5 Å². The largest absolute Gasteiger partial charge is 0.463 e. The minimum Gasteiger partial charge on any atom is -0.463 e. The molecule has 0 radical (unpaired) electrons. The average molecular weight is 679 g/mol. The van der Waals surface area contributed by atoms with E-state index in [1.54, 1.807) is 0 Å². The molecule has 2 saturated heterocycles. The number of esters is 8. The van der Waals surface area contributed by atoms with Gasteiger partial charge in [-0.1, -0.05) is 0 Å². The number of hydrogen-bond acceptors (Lipinski definition) is 19. The van der Waals surface area contributed by atoms with Crippen LogP contribution >= 0.6 is 0 Å². The van der Waals surface area contributed by atoms with Gasteiger partial charge in [-0.2, -0.15) is 0 Å². The van der Waals surface area contributed by atoms with Crippen LogP contribution in [0.3, 0.4) is 0 Å². The highest BCUT2D eigenvalue weighted by Crippen LogP contribution is 2.35.